The number of halogens is 4. The molecule has 0 bridgehead atoms. The molecule has 9 nitrogen and oxygen atoms in total. The Labute approximate surface area is 246 Å². The predicted octanol–water partition coefficient (Wildman–Crippen LogP) is 5.18. The lowest BCUT2D eigenvalue weighted by atomic mass is 10.0. The van der Waals surface area contributed by atoms with E-state index in [9.17, 15) is 18.4 Å². The molecular weight excluding hydrogens is 573 g/mol. The molecule has 0 spiro atoms. The number of rotatable bonds is 6. The Morgan fingerprint density at radius 3 is 2.71 bits per heavy atom. The number of amides is 1. The van der Waals surface area contributed by atoms with Gasteiger partial charge in [0.2, 0.25) is 5.91 Å². The maximum Gasteiger partial charge on any atom is 0.277 e. The molecule has 4 aromatic rings. The van der Waals surface area contributed by atoms with E-state index < -0.39 is 45.8 Å². The van der Waals surface area contributed by atoms with Gasteiger partial charge in [-0.1, -0.05) is 23.8 Å². The summed E-state index contributed by atoms with van der Waals surface area (Å²) in [7, 11) is 0. The summed E-state index contributed by atoms with van der Waals surface area (Å²) in [5.74, 6) is -3.53. The van der Waals surface area contributed by atoms with Crippen LogP contribution in [0.5, 0.6) is 5.75 Å². The molecule has 1 aliphatic heterocycles. The second-order valence-electron chi connectivity index (χ2n) is 10.1. The van der Waals surface area contributed by atoms with Crippen molar-refractivity contribution in [2.45, 2.75) is 52.1 Å². The molecule has 0 saturated carbocycles. The number of nitrogens with zero attached hydrogens (tertiary/aromatic N) is 5. The van der Waals surface area contributed by atoms with E-state index in [-0.39, 0.29) is 23.2 Å². The highest BCUT2D eigenvalue weighted by atomic mass is 35.5. The summed E-state index contributed by atoms with van der Waals surface area (Å²) in [6.45, 7) is 1.61. The van der Waals surface area contributed by atoms with Crippen molar-refractivity contribution in [3.63, 3.8) is 0 Å². The van der Waals surface area contributed by atoms with Gasteiger partial charge in [0.05, 0.1) is 26.4 Å². The van der Waals surface area contributed by atoms with Crippen molar-refractivity contribution in [1.82, 2.24) is 29.6 Å². The third-order valence-corrected chi connectivity index (χ3v) is 6.83. The van der Waals surface area contributed by atoms with Crippen LogP contribution in [0.25, 0.3) is 17.6 Å². The number of pyridine rings is 3. The third-order valence-electron chi connectivity index (χ3n) is 6.48. The van der Waals surface area contributed by atoms with Gasteiger partial charge < -0.3 is 10.1 Å². The second-order valence-corrected chi connectivity index (χ2v) is 10.5. The van der Waals surface area contributed by atoms with Gasteiger partial charge >= 0.3 is 0 Å². The molecule has 0 saturated heterocycles. The average molecular weight is 601 g/mol. The van der Waals surface area contributed by atoms with Gasteiger partial charge in [0, 0.05) is 42.6 Å². The molecule has 0 atom stereocenters. The minimum Gasteiger partial charge on any atom is -0.485 e. The number of carbonyl (C=O) groups excluding carboxylic acids is 1. The van der Waals surface area contributed by atoms with Crippen LogP contribution in [0, 0.1) is 17.5 Å². The molecule has 42 heavy (non-hydrogen) atoms. The topological polar surface area (TPSA) is 104 Å². The maximum absolute atomic E-state index is 15.0. The number of fused-ring (bicyclic) bond motifs is 3. The van der Waals surface area contributed by atoms with E-state index in [1.54, 1.807) is 19.9 Å². The molecule has 0 aliphatic carbocycles. The fraction of sp³-hybridized carbons (Fsp3) is 0.276. The normalized spacial score (nSPS) is 14.8. The van der Waals surface area contributed by atoms with E-state index in [1.165, 1.54) is 34.5 Å². The van der Waals surface area contributed by atoms with Crippen LogP contribution >= 0.6 is 11.6 Å². The highest BCUT2D eigenvalue weighted by molar-refractivity contribution is 6.31. The van der Waals surface area contributed by atoms with Gasteiger partial charge in [0.1, 0.15) is 34.5 Å². The van der Waals surface area contributed by atoms with Crippen molar-refractivity contribution in [3.8, 4) is 17.3 Å². The van der Waals surface area contributed by atoms with Gasteiger partial charge in [-0.2, -0.15) is 5.10 Å². The summed E-state index contributed by atoms with van der Waals surface area (Å²) in [4.78, 5) is 33.3. The van der Waals surface area contributed by atoms with Gasteiger partial charge in [-0.15, -0.1) is 0 Å². The zero-order valence-corrected chi connectivity index (χ0v) is 23.5. The van der Waals surface area contributed by atoms with Crippen molar-refractivity contribution >= 4 is 23.6 Å². The Bertz CT molecular complexity index is 1880. The molecule has 1 aliphatic rings. The van der Waals surface area contributed by atoms with Crippen LogP contribution in [0.4, 0.5) is 13.2 Å². The first kappa shape index (κ1) is 26.4. The molecular formula is C29H26ClF3N6O3. The first-order valence-electron chi connectivity index (χ1n) is 13.8. The summed E-state index contributed by atoms with van der Waals surface area (Å²) < 4.78 is 67.1. The summed E-state index contributed by atoms with van der Waals surface area (Å²) in [6.07, 6.45) is 8.48. The zero-order valence-electron chi connectivity index (χ0n) is 24.7. The van der Waals surface area contributed by atoms with Crippen molar-refractivity contribution in [1.29, 1.82) is 0 Å². The van der Waals surface area contributed by atoms with Crippen molar-refractivity contribution in [2.75, 3.05) is 0 Å². The third kappa shape index (κ3) is 5.80. The highest BCUT2D eigenvalue weighted by Crippen LogP contribution is 2.29. The van der Waals surface area contributed by atoms with Crippen molar-refractivity contribution in [3.05, 3.63) is 98.3 Å². The standard InChI is InChI=1S/C29H26ClF3N6O3/c1-16(40)36-29(2,3)27-21(33)14-38(37-27)25-11-23-17(12-35-25)7-5-4-6-8-19-10-24(26(30)28(41)39(19)23)42-15-22-20(32)9-18(31)13-34-22/h5,7,9-14H,4,6,8,15H2,1-3H3,(H,36,40)/b7-5+/i15D2. The zero-order chi connectivity index (χ0) is 32.0. The predicted molar refractivity (Wildman–Crippen MR) is 149 cm³/mol. The Balaban J connectivity index is 1.62. The number of hydrogen-bond acceptors (Lipinski definition) is 6. The molecule has 218 valence electrons. The van der Waals surface area contributed by atoms with Gasteiger partial charge in [0.25, 0.3) is 5.56 Å². The fourth-order valence-electron chi connectivity index (χ4n) is 4.62. The van der Waals surface area contributed by atoms with E-state index in [0.29, 0.717) is 48.5 Å². The first-order chi connectivity index (χ1) is 20.7. The number of aryl methyl sites for hydroxylation is 1. The highest BCUT2D eigenvalue weighted by Gasteiger charge is 2.29. The molecule has 5 rings (SSSR count). The lowest BCUT2D eigenvalue weighted by molar-refractivity contribution is -0.120. The molecule has 0 radical (unpaired) electrons. The minimum atomic E-state index is -2.91. The Morgan fingerprint density at radius 2 is 1.98 bits per heavy atom. The molecule has 0 aromatic carbocycles. The lowest BCUT2D eigenvalue weighted by Gasteiger charge is -2.23. The number of allylic oxidation sites excluding steroid dienone is 1. The van der Waals surface area contributed by atoms with E-state index in [4.69, 9.17) is 19.1 Å². The molecule has 0 fully saturated rings. The largest absolute Gasteiger partial charge is 0.485 e. The smallest absolute Gasteiger partial charge is 0.277 e. The van der Waals surface area contributed by atoms with Crippen molar-refractivity contribution < 1.29 is 25.4 Å². The fourth-order valence-corrected chi connectivity index (χ4v) is 4.80. The molecule has 13 heteroatoms. The van der Waals surface area contributed by atoms with E-state index in [2.05, 4.69) is 20.4 Å². The van der Waals surface area contributed by atoms with E-state index >= 15 is 4.39 Å². The number of ether oxygens (including phenoxy) is 1. The number of hydrogen-bond donors (Lipinski definition) is 1. The summed E-state index contributed by atoms with van der Waals surface area (Å²) in [5, 5.41) is 6.47. The second kappa shape index (κ2) is 11.4. The number of aromatic nitrogens is 5. The number of nitrogens with one attached hydrogen (secondary N) is 1. The molecule has 4 aromatic heterocycles. The van der Waals surface area contributed by atoms with Crippen LogP contribution in [0.2, 0.25) is 5.02 Å². The Morgan fingerprint density at radius 1 is 1.19 bits per heavy atom. The summed E-state index contributed by atoms with van der Waals surface area (Å²) in [5.41, 5.74) is -1.50. The van der Waals surface area contributed by atoms with Gasteiger partial charge in [0.15, 0.2) is 17.5 Å². The summed E-state index contributed by atoms with van der Waals surface area (Å²) in [6, 6.07) is 3.36. The average Bonchev–Trinajstić information content (AvgIpc) is 3.36. The molecule has 5 heterocycles. The molecule has 1 amide bonds. The van der Waals surface area contributed by atoms with Crippen LogP contribution in [-0.2, 0) is 23.3 Å². The van der Waals surface area contributed by atoms with Gasteiger partial charge in [-0.05, 0) is 33.1 Å². The molecule has 1 N–H and O–H groups in total. The van der Waals surface area contributed by atoms with Gasteiger partial charge in [-0.25, -0.2) is 22.8 Å². The number of carbonyl (C=O) groups is 1. The quantitative estimate of drug-likeness (QED) is 0.327. The van der Waals surface area contributed by atoms with Gasteiger partial charge in [-0.3, -0.25) is 19.1 Å². The maximum atomic E-state index is 15.0. The lowest BCUT2D eigenvalue weighted by Crippen LogP contribution is -2.40. The van der Waals surface area contributed by atoms with Crippen LogP contribution in [0.1, 0.15) is 59.0 Å². The Hall–Kier alpha value is -4.45. The SMILES string of the molecule is [2H]C([2H])(Oc1cc2n(c(=O)c1Cl)-c1cc(-n3cc(F)c(C(C)(C)NC(C)=O)n3)ncc1/C=C/CCC2)c1ncc(F)cc1F. The van der Waals surface area contributed by atoms with Crippen LogP contribution in [-0.4, -0.2) is 30.2 Å². The minimum absolute atomic E-state index is 0.0262. The van der Waals surface area contributed by atoms with Crippen molar-refractivity contribution in [2.24, 2.45) is 0 Å². The van der Waals surface area contributed by atoms with E-state index in [0.717, 1.165) is 6.20 Å². The van der Waals surface area contributed by atoms with E-state index in [1.807, 2.05) is 6.08 Å². The Kier molecular flexibility index (Phi) is 7.20. The summed E-state index contributed by atoms with van der Waals surface area (Å²) >= 11 is 6.43. The first-order valence-corrected chi connectivity index (χ1v) is 13.2. The monoisotopic (exact) mass is 600 g/mol. The van der Waals surface area contributed by atoms with Crippen LogP contribution < -0.4 is 15.6 Å². The van der Waals surface area contributed by atoms with Crippen LogP contribution in [0.3, 0.4) is 0 Å². The van der Waals surface area contributed by atoms with Crippen LogP contribution in [0.15, 0.2) is 47.7 Å². The molecule has 0 unspecified atom stereocenters.